The number of imidazole rings is 1. The van der Waals surface area contributed by atoms with E-state index in [2.05, 4.69) is 37.1 Å². The van der Waals surface area contributed by atoms with Gasteiger partial charge in [0.1, 0.15) is 18.5 Å². The number of halogens is 1. The van der Waals surface area contributed by atoms with Crippen molar-refractivity contribution in [2.75, 3.05) is 38.4 Å². The number of hydrogen-bond donors (Lipinski definition) is 2. The summed E-state index contributed by atoms with van der Waals surface area (Å²) in [5.41, 5.74) is 3.41. The number of nitrogens with one attached hydrogen (secondary N) is 2. The molecule has 8 nitrogen and oxygen atoms in total. The third-order valence-corrected chi connectivity index (χ3v) is 5.76. The standard InChI is InChI=1S/C23H21BrN4O4/c1-3-14-4-6-17-18(10-14)26-22(25-17)19(12-31-2)27-23(30)15-5-7-20(16(24)11-15)28-8-9-32-13-21(28)29/h1,4-7,10-11,19H,8-9,12-13H2,2H3,(H,25,26)(H,27,30). The Bertz CT molecular complexity index is 1220. The highest BCUT2D eigenvalue weighted by Crippen LogP contribution is 2.29. The highest BCUT2D eigenvalue weighted by atomic mass is 79.9. The minimum atomic E-state index is -0.492. The number of carbonyl (C=O) groups excluding carboxylic acids is 2. The Hall–Kier alpha value is -3.19. The van der Waals surface area contributed by atoms with Gasteiger partial charge in [0.2, 0.25) is 0 Å². The van der Waals surface area contributed by atoms with Gasteiger partial charge in [-0.05, 0) is 52.3 Å². The zero-order chi connectivity index (χ0) is 22.7. The number of fused-ring (bicyclic) bond motifs is 1. The fraction of sp³-hybridized carbons (Fsp3) is 0.261. The zero-order valence-electron chi connectivity index (χ0n) is 17.4. The molecule has 0 radical (unpaired) electrons. The van der Waals surface area contributed by atoms with Gasteiger partial charge in [-0.1, -0.05) is 5.92 Å². The second-order valence-corrected chi connectivity index (χ2v) is 8.10. The molecule has 1 saturated heterocycles. The van der Waals surface area contributed by atoms with E-state index in [9.17, 15) is 9.59 Å². The number of terminal acetylenes is 1. The van der Waals surface area contributed by atoms with Crippen LogP contribution in [0.25, 0.3) is 11.0 Å². The van der Waals surface area contributed by atoms with E-state index in [-0.39, 0.29) is 25.0 Å². The van der Waals surface area contributed by atoms with E-state index in [1.54, 1.807) is 30.2 Å². The number of ether oxygens (including phenoxy) is 2. The summed E-state index contributed by atoms with van der Waals surface area (Å²) in [5.74, 6) is 2.75. The van der Waals surface area contributed by atoms with Gasteiger partial charge in [-0.15, -0.1) is 6.42 Å². The molecule has 32 heavy (non-hydrogen) atoms. The molecule has 0 spiro atoms. The number of methoxy groups -OCH3 is 1. The van der Waals surface area contributed by atoms with E-state index in [0.717, 1.165) is 16.6 Å². The number of morpholine rings is 1. The highest BCUT2D eigenvalue weighted by molar-refractivity contribution is 9.10. The molecule has 1 unspecified atom stereocenters. The molecule has 2 heterocycles. The fourth-order valence-corrected chi connectivity index (χ4v) is 4.11. The van der Waals surface area contributed by atoms with Crippen molar-refractivity contribution < 1.29 is 19.1 Å². The van der Waals surface area contributed by atoms with Crippen molar-refractivity contribution in [1.29, 1.82) is 0 Å². The number of amides is 2. The van der Waals surface area contributed by atoms with Crippen LogP contribution in [0.3, 0.4) is 0 Å². The Morgan fingerprint density at radius 1 is 1.41 bits per heavy atom. The van der Waals surface area contributed by atoms with Gasteiger partial charge in [0.15, 0.2) is 0 Å². The van der Waals surface area contributed by atoms with Gasteiger partial charge < -0.3 is 24.7 Å². The molecule has 2 aromatic carbocycles. The summed E-state index contributed by atoms with van der Waals surface area (Å²) in [4.78, 5) is 34.5. The van der Waals surface area contributed by atoms with Gasteiger partial charge in [-0.3, -0.25) is 9.59 Å². The Labute approximate surface area is 193 Å². The summed E-state index contributed by atoms with van der Waals surface area (Å²) in [6.07, 6.45) is 5.47. The molecule has 1 fully saturated rings. The number of benzene rings is 2. The van der Waals surface area contributed by atoms with E-state index < -0.39 is 6.04 Å². The summed E-state index contributed by atoms with van der Waals surface area (Å²) in [7, 11) is 1.56. The smallest absolute Gasteiger partial charge is 0.253 e. The number of carbonyl (C=O) groups is 2. The van der Waals surface area contributed by atoms with Crippen molar-refractivity contribution in [3.63, 3.8) is 0 Å². The quantitative estimate of drug-likeness (QED) is 0.511. The van der Waals surface area contributed by atoms with E-state index >= 15 is 0 Å². The molecule has 3 aromatic rings. The number of anilines is 1. The first-order valence-corrected chi connectivity index (χ1v) is 10.7. The topological polar surface area (TPSA) is 96.5 Å². The van der Waals surface area contributed by atoms with E-state index in [0.29, 0.717) is 34.7 Å². The second kappa shape index (κ2) is 9.53. The maximum absolute atomic E-state index is 13.0. The lowest BCUT2D eigenvalue weighted by atomic mass is 10.1. The van der Waals surface area contributed by atoms with Gasteiger partial charge in [0.25, 0.3) is 11.8 Å². The third kappa shape index (κ3) is 4.53. The van der Waals surface area contributed by atoms with Crippen LogP contribution in [0, 0.1) is 12.3 Å². The summed E-state index contributed by atoms with van der Waals surface area (Å²) in [6, 6.07) is 10.1. The second-order valence-electron chi connectivity index (χ2n) is 7.24. The first kappa shape index (κ1) is 22.0. The number of hydrogen-bond acceptors (Lipinski definition) is 5. The van der Waals surface area contributed by atoms with Crippen LogP contribution < -0.4 is 10.2 Å². The van der Waals surface area contributed by atoms with Gasteiger partial charge in [-0.2, -0.15) is 0 Å². The lowest BCUT2D eigenvalue weighted by molar-refractivity contribution is -0.125. The molecule has 1 aromatic heterocycles. The molecule has 0 saturated carbocycles. The molecule has 1 aliphatic rings. The summed E-state index contributed by atoms with van der Waals surface area (Å²) in [6.45, 7) is 1.22. The van der Waals surface area contributed by atoms with Gasteiger partial charge in [0, 0.05) is 29.3 Å². The van der Waals surface area contributed by atoms with Gasteiger partial charge >= 0.3 is 0 Å². The van der Waals surface area contributed by atoms with Crippen LogP contribution in [0.4, 0.5) is 5.69 Å². The number of nitrogens with zero attached hydrogens (tertiary/aromatic N) is 2. The van der Waals surface area contributed by atoms with Gasteiger partial charge in [-0.25, -0.2) is 4.98 Å². The molecule has 0 aliphatic carbocycles. The maximum atomic E-state index is 13.0. The minimum Gasteiger partial charge on any atom is -0.382 e. The lowest BCUT2D eigenvalue weighted by Gasteiger charge is -2.28. The predicted octanol–water partition coefficient (Wildman–Crippen LogP) is 2.79. The van der Waals surface area contributed by atoms with Crippen molar-refractivity contribution in [3.8, 4) is 12.3 Å². The summed E-state index contributed by atoms with van der Waals surface area (Å²) >= 11 is 3.48. The molecule has 1 atom stereocenters. The normalized spacial score (nSPS) is 14.9. The predicted molar refractivity (Wildman–Crippen MR) is 123 cm³/mol. The Morgan fingerprint density at radius 3 is 2.97 bits per heavy atom. The Kier molecular flexibility index (Phi) is 6.55. The van der Waals surface area contributed by atoms with Crippen LogP contribution >= 0.6 is 15.9 Å². The van der Waals surface area contributed by atoms with Crippen molar-refractivity contribution in [3.05, 3.63) is 57.8 Å². The minimum absolute atomic E-state index is 0.0493. The number of aromatic nitrogens is 2. The monoisotopic (exact) mass is 496 g/mol. The van der Waals surface area contributed by atoms with Crippen LogP contribution in [0.15, 0.2) is 40.9 Å². The van der Waals surface area contributed by atoms with Crippen LogP contribution in [-0.2, 0) is 14.3 Å². The third-order valence-electron chi connectivity index (χ3n) is 5.12. The molecular weight excluding hydrogens is 476 g/mol. The van der Waals surface area contributed by atoms with Crippen molar-refractivity contribution >= 4 is 44.5 Å². The molecule has 2 amide bonds. The summed E-state index contributed by atoms with van der Waals surface area (Å²) < 4.78 is 11.1. The largest absolute Gasteiger partial charge is 0.382 e. The highest BCUT2D eigenvalue weighted by Gasteiger charge is 2.24. The molecule has 0 bridgehead atoms. The molecule has 164 valence electrons. The van der Waals surface area contributed by atoms with E-state index in [4.69, 9.17) is 15.9 Å². The molecule has 4 rings (SSSR count). The fourth-order valence-electron chi connectivity index (χ4n) is 3.52. The summed E-state index contributed by atoms with van der Waals surface area (Å²) in [5, 5.41) is 2.96. The zero-order valence-corrected chi connectivity index (χ0v) is 18.9. The first-order chi connectivity index (χ1) is 15.5. The SMILES string of the molecule is C#Cc1ccc2nc(C(COC)NC(=O)c3ccc(N4CCOCC4=O)c(Br)c3)[nH]c2c1. The maximum Gasteiger partial charge on any atom is 0.253 e. The Morgan fingerprint density at radius 2 is 2.25 bits per heavy atom. The molecule has 1 aliphatic heterocycles. The molecular formula is C23H21BrN4O4. The van der Waals surface area contributed by atoms with Gasteiger partial charge in [0.05, 0.1) is 29.9 Å². The molecule has 2 N–H and O–H groups in total. The average molecular weight is 497 g/mol. The molecule has 9 heteroatoms. The van der Waals surface area contributed by atoms with Crippen LogP contribution in [0.5, 0.6) is 0 Å². The van der Waals surface area contributed by atoms with E-state index in [1.807, 2.05) is 18.2 Å². The number of aromatic amines is 1. The Balaban J connectivity index is 1.55. The van der Waals surface area contributed by atoms with Crippen molar-refractivity contribution in [2.24, 2.45) is 0 Å². The van der Waals surface area contributed by atoms with Crippen LogP contribution in [-0.4, -0.2) is 55.3 Å². The van der Waals surface area contributed by atoms with Crippen LogP contribution in [0.2, 0.25) is 0 Å². The number of H-pyrrole nitrogens is 1. The average Bonchev–Trinajstić information content (AvgIpc) is 3.22. The van der Waals surface area contributed by atoms with E-state index in [1.165, 1.54) is 0 Å². The number of rotatable bonds is 6. The first-order valence-electron chi connectivity index (χ1n) is 9.94. The van der Waals surface area contributed by atoms with Crippen LogP contribution in [0.1, 0.15) is 27.8 Å². The van der Waals surface area contributed by atoms with Crippen molar-refractivity contribution in [2.45, 2.75) is 6.04 Å². The lowest BCUT2D eigenvalue weighted by Crippen LogP contribution is -2.41. The van der Waals surface area contributed by atoms with Crippen molar-refractivity contribution in [1.82, 2.24) is 15.3 Å².